The molecular formula is C14H13BrFNO2. The molecule has 5 heteroatoms. The van der Waals surface area contributed by atoms with Crippen LogP contribution in [0.5, 0.6) is 5.75 Å². The Bertz CT molecular complexity index is 590. The van der Waals surface area contributed by atoms with Crippen LogP contribution in [-0.4, -0.2) is 10.1 Å². The minimum atomic E-state index is -0.328. The third-order valence-corrected chi connectivity index (χ3v) is 3.52. The summed E-state index contributed by atoms with van der Waals surface area (Å²) in [7, 11) is 0. The van der Waals surface area contributed by atoms with Crippen molar-refractivity contribution in [2.75, 3.05) is 0 Å². The van der Waals surface area contributed by atoms with E-state index in [9.17, 15) is 9.50 Å². The fourth-order valence-electron chi connectivity index (χ4n) is 1.66. The highest BCUT2D eigenvalue weighted by Gasteiger charge is 2.08. The Balaban J connectivity index is 2.17. The van der Waals surface area contributed by atoms with Crippen LogP contribution in [0.2, 0.25) is 0 Å². The number of pyridine rings is 1. The van der Waals surface area contributed by atoms with Gasteiger partial charge < -0.3 is 9.84 Å². The molecule has 0 saturated carbocycles. The maximum atomic E-state index is 13.3. The summed E-state index contributed by atoms with van der Waals surface area (Å²) in [6.07, 6.45) is 0. The first-order chi connectivity index (χ1) is 9.11. The number of aliphatic hydroxyl groups excluding tert-OH is 1. The van der Waals surface area contributed by atoms with Gasteiger partial charge in [-0.2, -0.15) is 0 Å². The lowest BCUT2D eigenvalue weighted by molar-refractivity contribution is 0.252. The maximum absolute atomic E-state index is 13.3. The molecule has 1 aromatic carbocycles. The Morgan fingerprint density at radius 1 is 1.32 bits per heavy atom. The standard InChI is InChI=1S/C14H13BrFNO2/c1-9-5-6-13(12(7-18)17-9)19-8-10-3-2-4-11(16)14(10)15/h2-6,18H,7-8H2,1H3. The summed E-state index contributed by atoms with van der Waals surface area (Å²) in [5, 5.41) is 9.23. The van der Waals surface area contributed by atoms with E-state index in [-0.39, 0.29) is 19.0 Å². The van der Waals surface area contributed by atoms with Crippen molar-refractivity contribution in [1.29, 1.82) is 0 Å². The van der Waals surface area contributed by atoms with Gasteiger partial charge in [0, 0.05) is 11.3 Å². The Morgan fingerprint density at radius 2 is 2.11 bits per heavy atom. The Kier molecular flexibility index (Phi) is 4.50. The first kappa shape index (κ1) is 14.0. The third kappa shape index (κ3) is 3.30. The van der Waals surface area contributed by atoms with Gasteiger partial charge in [-0.3, -0.25) is 4.98 Å². The number of ether oxygens (including phenoxy) is 1. The number of rotatable bonds is 4. The maximum Gasteiger partial charge on any atom is 0.143 e. The highest BCUT2D eigenvalue weighted by Crippen LogP contribution is 2.23. The van der Waals surface area contributed by atoms with Gasteiger partial charge in [0.1, 0.15) is 23.9 Å². The number of aliphatic hydroxyl groups is 1. The number of nitrogens with zero attached hydrogens (tertiary/aromatic N) is 1. The SMILES string of the molecule is Cc1ccc(OCc2cccc(F)c2Br)c(CO)n1. The van der Waals surface area contributed by atoms with Crippen LogP contribution in [0.15, 0.2) is 34.8 Å². The molecule has 100 valence electrons. The average molecular weight is 326 g/mol. The van der Waals surface area contributed by atoms with E-state index < -0.39 is 0 Å². The first-order valence-corrected chi connectivity index (χ1v) is 6.54. The lowest BCUT2D eigenvalue weighted by Gasteiger charge is -2.11. The highest BCUT2D eigenvalue weighted by molar-refractivity contribution is 9.10. The summed E-state index contributed by atoms with van der Waals surface area (Å²) >= 11 is 3.18. The number of benzene rings is 1. The normalized spacial score (nSPS) is 10.5. The van der Waals surface area contributed by atoms with Crippen molar-refractivity contribution in [3.8, 4) is 5.75 Å². The van der Waals surface area contributed by atoms with Gasteiger partial charge in [-0.25, -0.2) is 4.39 Å². The minimum Gasteiger partial charge on any atom is -0.487 e. The molecule has 1 aromatic heterocycles. The van der Waals surface area contributed by atoms with Gasteiger partial charge in [0.15, 0.2) is 0 Å². The summed E-state index contributed by atoms with van der Waals surface area (Å²) in [6.45, 7) is 1.85. The first-order valence-electron chi connectivity index (χ1n) is 5.75. The second kappa shape index (κ2) is 6.12. The highest BCUT2D eigenvalue weighted by atomic mass is 79.9. The predicted molar refractivity (Wildman–Crippen MR) is 73.3 cm³/mol. The van der Waals surface area contributed by atoms with Crippen molar-refractivity contribution in [3.63, 3.8) is 0 Å². The lowest BCUT2D eigenvalue weighted by Crippen LogP contribution is -2.02. The van der Waals surface area contributed by atoms with Crippen LogP contribution in [0.4, 0.5) is 4.39 Å². The van der Waals surface area contributed by atoms with Gasteiger partial charge >= 0.3 is 0 Å². The van der Waals surface area contributed by atoms with Crippen LogP contribution in [0, 0.1) is 12.7 Å². The van der Waals surface area contributed by atoms with E-state index in [1.165, 1.54) is 6.07 Å². The number of aryl methyl sites for hydroxylation is 1. The van der Waals surface area contributed by atoms with Crippen LogP contribution in [-0.2, 0) is 13.2 Å². The van der Waals surface area contributed by atoms with Crippen molar-refractivity contribution in [2.24, 2.45) is 0 Å². The zero-order valence-corrected chi connectivity index (χ0v) is 11.9. The predicted octanol–water partition coefficient (Wildman–Crippen LogP) is 3.36. The Labute approximate surface area is 119 Å². The van der Waals surface area contributed by atoms with E-state index in [2.05, 4.69) is 20.9 Å². The molecule has 0 spiro atoms. The fraction of sp³-hybridized carbons (Fsp3) is 0.214. The van der Waals surface area contributed by atoms with Crippen molar-refractivity contribution in [2.45, 2.75) is 20.1 Å². The Hall–Kier alpha value is -1.46. The summed E-state index contributed by atoms with van der Waals surface area (Å²) in [4.78, 5) is 4.18. The van der Waals surface area contributed by atoms with Crippen LogP contribution in [0.3, 0.4) is 0 Å². The summed E-state index contributed by atoms with van der Waals surface area (Å²) in [6, 6.07) is 8.32. The van der Waals surface area contributed by atoms with Crippen LogP contribution in [0.1, 0.15) is 17.0 Å². The molecule has 0 aliphatic heterocycles. The fourth-order valence-corrected chi connectivity index (χ4v) is 2.04. The van der Waals surface area contributed by atoms with Crippen molar-refractivity contribution in [1.82, 2.24) is 4.98 Å². The zero-order chi connectivity index (χ0) is 13.8. The number of halogens is 2. The summed E-state index contributed by atoms with van der Waals surface area (Å²) in [5.41, 5.74) is 1.99. The van der Waals surface area contributed by atoms with Gasteiger partial charge in [-0.15, -0.1) is 0 Å². The van der Waals surface area contributed by atoms with E-state index in [4.69, 9.17) is 4.74 Å². The molecule has 0 atom stereocenters. The van der Waals surface area contributed by atoms with Crippen molar-refractivity contribution < 1.29 is 14.2 Å². The monoisotopic (exact) mass is 325 g/mol. The largest absolute Gasteiger partial charge is 0.487 e. The molecule has 0 radical (unpaired) electrons. The molecule has 0 amide bonds. The molecule has 19 heavy (non-hydrogen) atoms. The molecule has 2 aromatic rings. The molecule has 0 aliphatic carbocycles. The van der Waals surface area contributed by atoms with Gasteiger partial charge in [0.05, 0.1) is 11.1 Å². The van der Waals surface area contributed by atoms with E-state index in [0.29, 0.717) is 21.5 Å². The van der Waals surface area contributed by atoms with E-state index >= 15 is 0 Å². The van der Waals surface area contributed by atoms with Crippen molar-refractivity contribution in [3.05, 3.63) is 57.6 Å². The average Bonchev–Trinajstić information content (AvgIpc) is 2.41. The number of hydrogen-bond donors (Lipinski definition) is 1. The topological polar surface area (TPSA) is 42.4 Å². The van der Waals surface area contributed by atoms with Gasteiger partial charge in [0.2, 0.25) is 0 Å². The molecular weight excluding hydrogens is 313 g/mol. The smallest absolute Gasteiger partial charge is 0.143 e. The van der Waals surface area contributed by atoms with Crippen LogP contribution < -0.4 is 4.74 Å². The molecule has 3 nitrogen and oxygen atoms in total. The van der Waals surface area contributed by atoms with Gasteiger partial charge in [-0.1, -0.05) is 12.1 Å². The molecule has 0 aliphatic rings. The van der Waals surface area contributed by atoms with Crippen molar-refractivity contribution >= 4 is 15.9 Å². The van der Waals surface area contributed by atoms with E-state index in [1.807, 2.05) is 6.92 Å². The molecule has 2 rings (SSSR count). The second-order valence-electron chi connectivity index (χ2n) is 4.06. The quantitative estimate of drug-likeness (QED) is 0.937. The molecule has 0 saturated heterocycles. The zero-order valence-electron chi connectivity index (χ0n) is 10.4. The van der Waals surface area contributed by atoms with Crippen LogP contribution in [0.25, 0.3) is 0 Å². The summed E-state index contributed by atoms with van der Waals surface area (Å²) < 4.78 is 19.3. The van der Waals surface area contributed by atoms with E-state index in [0.717, 1.165) is 5.69 Å². The van der Waals surface area contributed by atoms with E-state index in [1.54, 1.807) is 24.3 Å². The molecule has 0 bridgehead atoms. The Morgan fingerprint density at radius 3 is 2.84 bits per heavy atom. The minimum absolute atomic E-state index is 0.193. The number of aromatic nitrogens is 1. The molecule has 1 N–H and O–H groups in total. The molecule has 0 fully saturated rings. The van der Waals surface area contributed by atoms with Gasteiger partial charge in [-0.05, 0) is 41.1 Å². The molecule has 1 heterocycles. The lowest BCUT2D eigenvalue weighted by atomic mass is 10.2. The summed E-state index contributed by atoms with van der Waals surface area (Å²) in [5.74, 6) is 0.176. The number of hydrogen-bond acceptors (Lipinski definition) is 3. The molecule has 0 unspecified atom stereocenters. The second-order valence-corrected chi connectivity index (χ2v) is 4.85. The third-order valence-electron chi connectivity index (χ3n) is 2.64. The van der Waals surface area contributed by atoms with Crippen LogP contribution >= 0.6 is 15.9 Å². The van der Waals surface area contributed by atoms with Gasteiger partial charge in [0.25, 0.3) is 0 Å².